The first kappa shape index (κ1) is 16.3. The van der Waals surface area contributed by atoms with E-state index in [9.17, 15) is 19.8 Å². The molecule has 3 rings (SSSR count). The number of benzene rings is 1. The zero-order valence-corrected chi connectivity index (χ0v) is 13.1. The molecular weight excluding hydrogens is 328 g/mol. The SMILES string of the molecule is CCOC(=O)Nc1cc(O)ncc1-c1cc(=O)c2cccc(O)c2o1. The summed E-state index contributed by atoms with van der Waals surface area (Å²) in [6, 6.07) is 6.86. The molecule has 0 unspecified atom stereocenters. The minimum absolute atomic E-state index is 0.0140. The van der Waals surface area contributed by atoms with Gasteiger partial charge in [0.15, 0.2) is 16.8 Å². The number of pyridine rings is 1. The molecule has 0 bridgehead atoms. The van der Waals surface area contributed by atoms with Crippen LogP contribution in [0.2, 0.25) is 0 Å². The molecule has 0 radical (unpaired) electrons. The maximum atomic E-state index is 12.3. The van der Waals surface area contributed by atoms with Gasteiger partial charge in [0.2, 0.25) is 5.88 Å². The first-order chi connectivity index (χ1) is 12.0. The number of aromatic nitrogens is 1. The fourth-order valence-electron chi connectivity index (χ4n) is 2.32. The van der Waals surface area contributed by atoms with Gasteiger partial charge in [0, 0.05) is 18.3 Å². The monoisotopic (exact) mass is 342 g/mol. The van der Waals surface area contributed by atoms with Crippen molar-refractivity contribution in [2.24, 2.45) is 0 Å². The van der Waals surface area contributed by atoms with Crippen LogP contribution in [-0.2, 0) is 4.74 Å². The molecule has 3 N–H and O–H groups in total. The number of fused-ring (bicyclic) bond motifs is 1. The molecule has 2 aromatic heterocycles. The number of hydrogen-bond acceptors (Lipinski definition) is 7. The predicted molar refractivity (Wildman–Crippen MR) is 89.7 cm³/mol. The number of para-hydroxylation sites is 1. The van der Waals surface area contributed by atoms with E-state index in [-0.39, 0.29) is 51.6 Å². The van der Waals surface area contributed by atoms with E-state index >= 15 is 0 Å². The summed E-state index contributed by atoms with van der Waals surface area (Å²) in [6.07, 6.45) is 0.501. The van der Waals surface area contributed by atoms with Crippen molar-refractivity contribution < 1.29 is 24.2 Å². The molecule has 0 aliphatic rings. The molecule has 0 saturated heterocycles. The zero-order chi connectivity index (χ0) is 18.0. The molecule has 0 atom stereocenters. The van der Waals surface area contributed by atoms with Crippen LogP contribution in [0.5, 0.6) is 11.6 Å². The van der Waals surface area contributed by atoms with E-state index in [2.05, 4.69) is 10.3 Å². The maximum Gasteiger partial charge on any atom is 0.411 e. The third-order valence-corrected chi connectivity index (χ3v) is 3.40. The zero-order valence-electron chi connectivity index (χ0n) is 13.1. The van der Waals surface area contributed by atoms with E-state index in [4.69, 9.17) is 9.15 Å². The molecule has 25 heavy (non-hydrogen) atoms. The summed E-state index contributed by atoms with van der Waals surface area (Å²) in [7, 11) is 0. The maximum absolute atomic E-state index is 12.3. The van der Waals surface area contributed by atoms with Crippen LogP contribution in [0.25, 0.3) is 22.3 Å². The summed E-state index contributed by atoms with van der Waals surface area (Å²) in [4.78, 5) is 27.7. The highest BCUT2D eigenvalue weighted by Gasteiger charge is 2.16. The van der Waals surface area contributed by atoms with Crippen molar-refractivity contribution in [1.29, 1.82) is 0 Å². The van der Waals surface area contributed by atoms with Gasteiger partial charge in [-0.2, -0.15) is 0 Å². The fourth-order valence-corrected chi connectivity index (χ4v) is 2.32. The molecule has 0 fully saturated rings. The first-order valence-corrected chi connectivity index (χ1v) is 7.38. The van der Waals surface area contributed by atoms with Crippen molar-refractivity contribution in [2.75, 3.05) is 11.9 Å². The molecule has 8 heteroatoms. The number of carbonyl (C=O) groups is 1. The Balaban J connectivity index is 2.16. The molecule has 0 aliphatic heterocycles. The fraction of sp³-hybridized carbons (Fsp3) is 0.118. The van der Waals surface area contributed by atoms with Gasteiger partial charge in [0.1, 0.15) is 5.76 Å². The Morgan fingerprint density at radius 2 is 2.12 bits per heavy atom. The lowest BCUT2D eigenvalue weighted by atomic mass is 10.1. The number of rotatable bonds is 3. The summed E-state index contributed by atoms with van der Waals surface area (Å²) < 4.78 is 10.4. The molecule has 1 amide bonds. The van der Waals surface area contributed by atoms with Crippen LogP contribution in [0, 0.1) is 0 Å². The van der Waals surface area contributed by atoms with Crippen LogP contribution in [0.4, 0.5) is 10.5 Å². The predicted octanol–water partition coefficient (Wildman–Crippen LogP) is 2.83. The highest BCUT2D eigenvalue weighted by Crippen LogP contribution is 2.32. The Labute approximate surface area is 141 Å². The number of carbonyl (C=O) groups excluding carboxylic acids is 1. The average Bonchev–Trinajstić information content (AvgIpc) is 2.56. The Bertz CT molecular complexity index is 1010. The lowest BCUT2D eigenvalue weighted by molar-refractivity contribution is 0.168. The Hall–Kier alpha value is -3.55. The van der Waals surface area contributed by atoms with Crippen molar-refractivity contribution in [3.63, 3.8) is 0 Å². The highest BCUT2D eigenvalue weighted by molar-refractivity contribution is 5.91. The number of hydrogen-bond donors (Lipinski definition) is 3. The largest absolute Gasteiger partial charge is 0.504 e. The van der Waals surface area contributed by atoms with Gasteiger partial charge in [0.25, 0.3) is 0 Å². The normalized spacial score (nSPS) is 10.6. The Kier molecular flexibility index (Phi) is 4.25. The number of phenols is 1. The van der Waals surface area contributed by atoms with Crippen molar-refractivity contribution in [3.05, 3.63) is 46.8 Å². The minimum Gasteiger partial charge on any atom is -0.504 e. The lowest BCUT2D eigenvalue weighted by Gasteiger charge is -2.11. The number of amides is 1. The molecule has 2 heterocycles. The lowest BCUT2D eigenvalue weighted by Crippen LogP contribution is -2.14. The van der Waals surface area contributed by atoms with Gasteiger partial charge in [-0.25, -0.2) is 9.78 Å². The molecule has 3 aromatic rings. The second kappa shape index (κ2) is 6.52. The van der Waals surface area contributed by atoms with Crippen LogP contribution < -0.4 is 10.7 Å². The number of aromatic hydroxyl groups is 2. The van der Waals surface area contributed by atoms with E-state index in [0.29, 0.717) is 0 Å². The first-order valence-electron chi connectivity index (χ1n) is 7.38. The summed E-state index contributed by atoms with van der Waals surface area (Å²) in [6.45, 7) is 1.81. The summed E-state index contributed by atoms with van der Waals surface area (Å²) in [5.74, 6) is -0.456. The van der Waals surface area contributed by atoms with Crippen LogP contribution >= 0.6 is 0 Å². The topological polar surface area (TPSA) is 122 Å². The summed E-state index contributed by atoms with van der Waals surface area (Å²) in [5, 5.41) is 22.1. The van der Waals surface area contributed by atoms with Crippen LogP contribution in [0.3, 0.4) is 0 Å². The van der Waals surface area contributed by atoms with Crippen molar-refractivity contribution in [2.45, 2.75) is 6.92 Å². The standard InChI is InChI=1S/C17H14N2O6/c1-2-24-17(23)19-11-6-15(22)18-8-10(11)14-7-13(21)9-4-3-5-12(20)16(9)25-14/h3-8,20H,2H2,1H3,(H2,18,19,22,23). The van der Waals surface area contributed by atoms with E-state index in [1.54, 1.807) is 6.92 Å². The highest BCUT2D eigenvalue weighted by atomic mass is 16.5. The van der Waals surface area contributed by atoms with Gasteiger partial charge in [-0.05, 0) is 19.1 Å². The molecule has 128 valence electrons. The number of nitrogens with zero attached hydrogens (tertiary/aromatic N) is 1. The number of ether oxygens (including phenoxy) is 1. The van der Waals surface area contributed by atoms with Gasteiger partial charge in [-0.3, -0.25) is 10.1 Å². The third-order valence-electron chi connectivity index (χ3n) is 3.40. The molecular formula is C17H14N2O6. The van der Waals surface area contributed by atoms with Gasteiger partial charge in [0.05, 0.1) is 23.2 Å². The Morgan fingerprint density at radius 1 is 1.32 bits per heavy atom. The van der Waals surface area contributed by atoms with E-state index in [1.807, 2.05) is 0 Å². The van der Waals surface area contributed by atoms with Gasteiger partial charge < -0.3 is 19.4 Å². The second-order valence-electron chi connectivity index (χ2n) is 5.06. The average molecular weight is 342 g/mol. The molecule has 1 aromatic carbocycles. The molecule has 0 aliphatic carbocycles. The van der Waals surface area contributed by atoms with Crippen molar-refractivity contribution >= 4 is 22.7 Å². The van der Waals surface area contributed by atoms with Gasteiger partial charge in [-0.1, -0.05) is 6.07 Å². The van der Waals surface area contributed by atoms with E-state index in [0.717, 1.165) is 0 Å². The van der Waals surface area contributed by atoms with Crippen LogP contribution in [-0.4, -0.2) is 27.9 Å². The van der Waals surface area contributed by atoms with Crippen molar-refractivity contribution in [3.8, 4) is 23.0 Å². The minimum atomic E-state index is -0.736. The van der Waals surface area contributed by atoms with E-state index in [1.165, 1.54) is 36.5 Å². The van der Waals surface area contributed by atoms with Crippen LogP contribution in [0.1, 0.15) is 6.92 Å². The smallest absolute Gasteiger partial charge is 0.411 e. The number of phenolic OH excluding ortho intramolecular Hbond substituents is 1. The van der Waals surface area contributed by atoms with E-state index < -0.39 is 6.09 Å². The molecule has 8 nitrogen and oxygen atoms in total. The number of anilines is 1. The van der Waals surface area contributed by atoms with Crippen LogP contribution in [0.15, 0.2) is 45.7 Å². The molecule has 0 spiro atoms. The molecule has 0 saturated carbocycles. The second-order valence-corrected chi connectivity index (χ2v) is 5.06. The Morgan fingerprint density at radius 3 is 2.88 bits per heavy atom. The summed E-state index contributed by atoms with van der Waals surface area (Å²) in [5.41, 5.74) is 0.0273. The third kappa shape index (κ3) is 3.23. The van der Waals surface area contributed by atoms with Gasteiger partial charge >= 0.3 is 6.09 Å². The summed E-state index contributed by atoms with van der Waals surface area (Å²) >= 11 is 0. The van der Waals surface area contributed by atoms with Gasteiger partial charge in [-0.15, -0.1) is 0 Å². The van der Waals surface area contributed by atoms with Crippen molar-refractivity contribution in [1.82, 2.24) is 4.98 Å². The number of nitrogens with one attached hydrogen (secondary N) is 1. The quantitative estimate of drug-likeness (QED) is 0.669.